The van der Waals surface area contributed by atoms with Crippen LogP contribution in [0, 0.1) is 6.92 Å². The maximum atomic E-state index is 4.58. The van der Waals surface area contributed by atoms with Crippen LogP contribution in [0.1, 0.15) is 26.3 Å². The van der Waals surface area contributed by atoms with Gasteiger partial charge < -0.3 is 10.3 Å². The third kappa shape index (κ3) is 4.39. The number of aryl methyl sites for hydroxylation is 1. The van der Waals surface area contributed by atoms with Gasteiger partial charge in [-0.15, -0.1) is 0 Å². The number of imidazole rings is 1. The van der Waals surface area contributed by atoms with Gasteiger partial charge in [-0.05, 0) is 45.4 Å². The maximum Gasteiger partial charge on any atom is 0.166 e. The highest BCUT2D eigenvalue weighted by molar-refractivity contribution is 7.99. The molecule has 0 amide bonds. The van der Waals surface area contributed by atoms with Crippen LogP contribution in [0.4, 0.5) is 0 Å². The molecule has 1 aromatic carbocycles. The van der Waals surface area contributed by atoms with Crippen molar-refractivity contribution in [1.29, 1.82) is 0 Å². The number of hydrogen-bond acceptors (Lipinski definition) is 3. The summed E-state index contributed by atoms with van der Waals surface area (Å²) in [6.07, 6.45) is 0. The summed E-state index contributed by atoms with van der Waals surface area (Å²) in [7, 11) is 0. The molecule has 2 N–H and O–H groups in total. The number of thioether (sulfide) groups is 1. The van der Waals surface area contributed by atoms with E-state index in [0.29, 0.717) is 0 Å². The lowest BCUT2D eigenvalue weighted by Crippen LogP contribution is -2.37. The summed E-state index contributed by atoms with van der Waals surface area (Å²) in [5.41, 5.74) is 4.69. The van der Waals surface area contributed by atoms with E-state index in [1.807, 2.05) is 0 Å². The monoisotopic (exact) mass is 289 g/mol. The highest BCUT2D eigenvalue weighted by Crippen LogP contribution is 2.21. The number of rotatable bonds is 5. The second-order valence-corrected chi connectivity index (χ2v) is 7.17. The third-order valence-corrected chi connectivity index (χ3v) is 3.92. The van der Waals surface area contributed by atoms with Crippen LogP contribution < -0.4 is 5.32 Å². The van der Waals surface area contributed by atoms with E-state index in [1.165, 1.54) is 11.1 Å². The lowest BCUT2D eigenvalue weighted by atomic mass is 10.1. The van der Waals surface area contributed by atoms with Crippen molar-refractivity contribution in [1.82, 2.24) is 15.3 Å². The van der Waals surface area contributed by atoms with E-state index >= 15 is 0 Å². The number of nitrogens with one attached hydrogen (secondary N) is 2. The molecule has 0 spiro atoms. The number of hydrogen-bond donors (Lipinski definition) is 2. The minimum absolute atomic E-state index is 0.129. The summed E-state index contributed by atoms with van der Waals surface area (Å²) in [6, 6.07) is 6.27. The molecule has 108 valence electrons. The number of fused-ring (bicyclic) bond motifs is 1. The van der Waals surface area contributed by atoms with Crippen molar-refractivity contribution in [3.63, 3.8) is 0 Å². The molecular weight excluding hydrogens is 266 g/mol. The second-order valence-electron chi connectivity index (χ2n) is 6.20. The molecule has 0 saturated heterocycles. The first-order valence-electron chi connectivity index (χ1n) is 6.84. The SMILES string of the molecule is C=C(CNC(C)(C)C)CSc1nc2ccc(C)cc2[nH]1. The molecule has 1 heterocycles. The van der Waals surface area contributed by atoms with Crippen molar-refractivity contribution in [3.05, 3.63) is 35.9 Å². The van der Waals surface area contributed by atoms with E-state index in [9.17, 15) is 0 Å². The predicted molar refractivity (Wildman–Crippen MR) is 88.5 cm³/mol. The van der Waals surface area contributed by atoms with Crippen LogP contribution in [0.5, 0.6) is 0 Å². The summed E-state index contributed by atoms with van der Waals surface area (Å²) >= 11 is 1.70. The zero-order valence-corrected chi connectivity index (χ0v) is 13.5. The van der Waals surface area contributed by atoms with Gasteiger partial charge in [-0.3, -0.25) is 0 Å². The van der Waals surface area contributed by atoms with Crippen molar-refractivity contribution in [2.24, 2.45) is 0 Å². The fraction of sp³-hybridized carbons (Fsp3) is 0.438. The average molecular weight is 289 g/mol. The molecule has 0 radical (unpaired) electrons. The van der Waals surface area contributed by atoms with Crippen molar-refractivity contribution in [2.75, 3.05) is 12.3 Å². The van der Waals surface area contributed by atoms with Crippen LogP contribution >= 0.6 is 11.8 Å². The molecular formula is C16H23N3S. The Hall–Kier alpha value is -1.26. The quantitative estimate of drug-likeness (QED) is 0.647. The summed E-state index contributed by atoms with van der Waals surface area (Å²) in [5.74, 6) is 0.877. The van der Waals surface area contributed by atoms with E-state index in [0.717, 1.165) is 28.5 Å². The van der Waals surface area contributed by atoms with Gasteiger partial charge in [0.15, 0.2) is 5.16 Å². The van der Waals surface area contributed by atoms with Gasteiger partial charge in [0.25, 0.3) is 0 Å². The molecule has 0 bridgehead atoms. The Kier molecular flexibility index (Phi) is 4.55. The van der Waals surface area contributed by atoms with Crippen LogP contribution in [0.25, 0.3) is 11.0 Å². The number of benzene rings is 1. The molecule has 0 aliphatic carbocycles. The van der Waals surface area contributed by atoms with Crippen molar-refractivity contribution in [3.8, 4) is 0 Å². The molecule has 2 aromatic rings. The standard InChI is InChI=1S/C16H23N3S/c1-11-6-7-13-14(8-11)19-15(18-13)20-10-12(2)9-17-16(3,4)5/h6-8,17H,2,9-10H2,1,3-5H3,(H,18,19). The van der Waals surface area contributed by atoms with Gasteiger partial charge in [0.1, 0.15) is 0 Å². The molecule has 0 aliphatic heterocycles. The Labute approximate surface area is 125 Å². The topological polar surface area (TPSA) is 40.7 Å². The Morgan fingerprint density at radius 3 is 2.85 bits per heavy atom. The highest BCUT2D eigenvalue weighted by Gasteiger charge is 2.09. The van der Waals surface area contributed by atoms with E-state index in [-0.39, 0.29) is 5.54 Å². The van der Waals surface area contributed by atoms with Gasteiger partial charge >= 0.3 is 0 Å². The molecule has 4 heteroatoms. The van der Waals surface area contributed by atoms with Gasteiger partial charge in [-0.1, -0.05) is 30.0 Å². The Bertz CT molecular complexity index is 608. The lowest BCUT2D eigenvalue weighted by Gasteiger charge is -2.21. The lowest BCUT2D eigenvalue weighted by molar-refractivity contribution is 0.445. The molecule has 20 heavy (non-hydrogen) atoms. The Balaban J connectivity index is 1.91. The molecule has 0 unspecified atom stereocenters. The minimum Gasteiger partial charge on any atom is -0.333 e. The summed E-state index contributed by atoms with van der Waals surface area (Å²) in [5, 5.41) is 4.41. The first kappa shape index (κ1) is 15.1. The largest absolute Gasteiger partial charge is 0.333 e. The third-order valence-electron chi connectivity index (χ3n) is 2.90. The average Bonchev–Trinajstić information content (AvgIpc) is 2.75. The second kappa shape index (κ2) is 6.02. The van der Waals surface area contributed by atoms with Gasteiger partial charge in [-0.2, -0.15) is 0 Å². The van der Waals surface area contributed by atoms with Gasteiger partial charge in [0, 0.05) is 17.8 Å². The van der Waals surface area contributed by atoms with E-state index in [4.69, 9.17) is 0 Å². The summed E-state index contributed by atoms with van der Waals surface area (Å²) < 4.78 is 0. The zero-order valence-electron chi connectivity index (χ0n) is 12.7. The first-order valence-corrected chi connectivity index (χ1v) is 7.83. The number of nitrogens with zero attached hydrogens (tertiary/aromatic N) is 1. The number of H-pyrrole nitrogens is 1. The van der Waals surface area contributed by atoms with Gasteiger partial charge in [0.2, 0.25) is 0 Å². The van der Waals surface area contributed by atoms with E-state index < -0.39 is 0 Å². The van der Waals surface area contributed by atoms with E-state index in [2.05, 4.69) is 67.8 Å². The summed E-state index contributed by atoms with van der Waals surface area (Å²) in [6.45, 7) is 13.5. The molecule has 0 atom stereocenters. The van der Waals surface area contributed by atoms with Crippen LogP contribution in [-0.2, 0) is 0 Å². The molecule has 1 aromatic heterocycles. The number of aromatic amines is 1. The van der Waals surface area contributed by atoms with Gasteiger partial charge in [-0.25, -0.2) is 4.98 Å². The Morgan fingerprint density at radius 2 is 2.15 bits per heavy atom. The van der Waals surface area contributed by atoms with Crippen molar-refractivity contribution in [2.45, 2.75) is 38.4 Å². The predicted octanol–water partition coefficient (Wildman–Crippen LogP) is 3.91. The summed E-state index contributed by atoms with van der Waals surface area (Å²) in [4.78, 5) is 7.93. The maximum absolute atomic E-state index is 4.58. The van der Waals surface area contributed by atoms with Gasteiger partial charge in [0.05, 0.1) is 11.0 Å². The van der Waals surface area contributed by atoms with Crippen molar-refractivity contribution < 1.29 is 0 Å². The minimum atomic E-state index is 0.129. The van der Waals surface area contributed by atoms with Crippen molar-refractivity contribution >= 4 is 22.8 Å². The zero-order chi connectivity index (χ0) is 14.8. The molecule has 2 rings (SSSR count). The fourth-order valence-electron chi connectivity index (χ4n) is 1.78. The first-order chi connectivity index (χ1) is 9.33. The van der Waals surface area contributed by atoms with Crippen LogP contribution in [0.2, 0.25) is 0 Å². The highest BCUT2D eigenvalue weighted by atomic mass is 32.2. The molecule has 0 saturated carbocycles. The van der Waals surface area contributed by atoms with E-state index in [1.54, 1.807) is 11.8 Å². The van der Waals surface area contributed by atoms with Crippen LogP contribution in [0.3, 0.4) is 0 Å². The molecule has 0 aliphatic rings. The fourth-order valence-corrected chi connectivity index (χ4v) is 2.57. The van der Waals surface area contributed by atoms with Crippen LogP contribution in [-0.4, -0.2) is 27.8 Å². The van der Waals surface area contributed by atoms with Crippen LogP contribution in [0.15, 0.2) is 35.5 Å². The number of aromatic nitrogens is 2. The smallest absolute Gasteiger partial charge is 0.166 e. The Morgan fingerprint density at radius 1 is 1.40 bits per heavy atom. The normalized spacial score (nSPS) is 12.0. The molecule has 3 nitrogen and oxygen atoms in total. The molecule has 0 fully saturated rings.